The van der Waals surface area contributed by atoms with Gasteiger partial charge in [-0.1, -0.05) is 12.1 Å². The molecule has 63 heavy (non-hydrogen) atoms. The zero-order valence-corrected chi connectivity index (χ0v) is 35.1. The van der Waals surface area contributed by atoms with Gasteiger partial charge in [-0.25, -0.2) is 0 Å². The van der Waals surface area contributed by atoms with E-state index in [-0.39, 0.29) is 20.6 Å². The molecule has 1 heterocycles. The molecule has 0 saturated carbocycles. The van der Waals surface area contributed by atoms with E-state index in [1.165, 1.54) is 66.5 Å². The fourth-order valence-corrected chi connectivity index (χ4v) is 7.79. The smallest absolute Gasteiger partial charge is 0.296 e. The Bertz CT molecular complexity index is 3510. The Hall–Kier alpha value is -7.41. The third-order valence-electron chi connectivity index (χ3n) is 9.33. The van der Waals surface area contributed by atoms with Gasteiger partial charge in [-0.15, -0.1) is 10.2 Å². The highest BCUT2D eigenvalue weighted by atomic mass is 32.2. The van der Waals surface area contributed by atoms with Crippen LogP contribution in [0.2, 0.25) is 0 Å². The average molecular weight is 912 g/mol. The number of rotatable bonds is 9. The van der Waals surface area contributed by atoms with Crippen molar-refractivity contribution >= 4 is 97.1 Å². The number of nitrogen functional groups attached to an aromatic ring is 2. The van der Waals surface area contributed by atoms with Gasteiger partial charge in [0.05, 0.1) is 56.7 Å². The van der Waals surface area contributed by atoms with Crippen molar-refractivity contribution in [1.82, 2.24) is 15.0 Å². The summed E-state index contributed by atoms with van der Waals surface area (Å²) >= 11 is 0. The van der Waals surface area contributed by atoms with Crippen LogP contribution in [-0.4, -0.2) is 66.1 Å². The number of hydrogen-bond acceptors (Lipinski definition) is 16. The first-order valence-electron chi connectivity index (χ1n) is 18.0. The molecule has 8 N–H and O–H groups in total. The third-order valence-corrected chi connectivity index (χ3v) is 11.9. The van der Waals surface area contributed by atoms with Crippen molar-refractivity contribution in [3.63, 3.8) is 0 Å². The molecule has 0 aliphatic heterocycles. The van der Waals surface area contributed by atoms with Crippen molar-refractivity contribution in [2.24, 2.45) is 20.5 Å². The van der Waals surface area contributed by atoms with Crippen LogP contribution in [0.1, 0.15) is 5.56 Å². The molecule has 8 rings (SSSR count). The van der Waals surface area contributed by atoms with Crippen molar-refractivity contribution in [2.45, 2.75) is 21.6 Å². The maximum absolute atomic E-state index is 11.6. The number of hydrogen-bond donors (Lipinski definition) is 6. The number of benzene rings is 7. The van der Waals surface area contributed by atoms with Crippen molar-refractivity contribution in [3.8, 4) is 17.2 Å². The highest BCUT2D eigenvalue weighted by molar-refractivity contribution is 7.86. The Morgan fingerprint density at radius 3 is 1.76 bits per heavy atom. The quantitative estimate of drug-likeness (QED) is 0.0344. The van der Waals surface area contributed by atoms with Gasteiger partial charge in [0.15, 0.2) is 0 Å². The summed E-state index contributed by atoms with van der Waals surface area (Å²) in [7, 11) is -11.7. The zero-order chi connectivity index (χ0) is 45.4. The number of fused-ring (bicyclic) bond motifs is 4. The van der Waals surface area contributed by atoms with Gasteiger partial charge in [-0.3, -0.25) is 13.7 Å². The number of phenolic OH excluding ortho intramolecular Hbond substituents is 1. The van der Waals surface area contributed by atoms with E-state index in [2.05, 4.69) is 30.7 Å². The van der Waals surface area contributed by atoms with Crippen LogP contribution in [0, 0.1) is 6.92 Å². The summed E-state index contributed by atoms with van der Waals surface area (Å²) < 4.78 is 101. The number of aromatic nitrogens is 3. The highest BCUT2D eigenvalue weighted by Crippen LogP contribution is 2.37. The standard InChI is InChI=1S/C20H19N5O4S.C20H14N4O7S2/c1-13-11-18(21)20(29-2)12-19(13)25-24-15-5-3-14(4-6-15)22-23-16-7-9-17(10-8-16)30(26,27)28;21-18-17(33(29,30)31)9-11-7-12(2-4-15(11)20(18)25)24-22-16-6-1-10-8-13(32(26,27)28)3-5-14(10)19(16)23-24/h3-12H,21H2,1-2H3,(H,26,27,28);1-9,25H,21H2,(H,26,27,28)(H,29,30,31). The second-order valence-electron chi connectivity index (χ2n) is 13.6. The molecule has 0 aliphatic rings. The average Bonchev–Trinajstić information content (AvgIpc) is 3.69. The number of anilines is 2. The minimum absolute atomic E-state index is 0.204. The molecular formula is C40H33N9O11S3. The van der Waals surface area contributed by atoms with Crippen LogP contribution in [0.5, 0.6) is 11.5 Å². The van der Waals surface area contributed by atoms with Crippen molar-refractivity contribution in [2.75, 3.05) is 18.6 Å². The van der Waals surface area contributed by atoms with Crippen LogP contribution in [0.15, 0.2) is 150 Å². The molecule has 8 aromatic rings. The topological polar surface area (TPSA) is 325 Å². The van der Waals surface area contributed by atoms with E-state index in [1.54, 1.807) is 54.6 Å². The maximum Gasteiger partial charge on any atom is 0.296 e. The predicted octanol–water partition coefficient (Wildman–Crippen LogP) is 8.17. The minimum Gasteiger partial charge on any atom is -0.505 e. The van der Waals surface area contributed by atoms with Gasteiger partial charge in [-0.2, -0.15) is 50.5 Å². The fraction of sp³-hybridized carbons (Fsp3) is 0.0500. The van der Waals surface area contributed by atoms with Crippen LogP contribution >= 0.6 is 0 Å². The van der Waals surface area contributed by atoms with Crippen molar-refractivity contribution < 1.29 is 48.8 Å². The monoisotopic (exact) mass is 911 g/mol. The summed E-state index contributed by atoms with van der Waals surface area (Å²) in [6.45, 7) is 1.89. The third kappa shape index (κ3) is 9.57. The van der Waals surface area contributed by atoms with Crippen LogP contribution in [-0.2, 0) is 30.4 Å². The highest BCUT2D eigenvalue weighted by Gasteiger charge is 2.20. The molecule has 0 unspecified atom stereocenters. The van der Waals surface area contributed by atoms with Gasteiger partial charge in [0.25, 0.3) is 30.4 Å². The molecule has 0 spiro atoms. The lowest BCUT2D eigenvalue weighted by Crippen LogP contribution is -2.04. The van der Waals surface area contributed by atoms with E-state index in [9.17, 15) is 39.5 Å². The SMILES string of the molecule is COc1cc(N=Nc2ccc(N=Nc3ccc(S(=O)(=O)O)cc3)cc2)c(C)cc1N.Nc1c(S(=O)(=O)O)cc2cc(-n3nc4ccc5cc(S(=O)(=O)O)ccc5c4n3)ccc2c1O. The van der Waals surface area contributed by atoms with E-state index in [0.29, 0.717) is 61.7 Å². The lowest BCUT2D eigenvalue weighted by atomic mass is 10.1. The molecule has 0 fully saturated rings. The number of aryl methyl sites for hydroxylation is 1. The zero-order valence-electron chi connectivity index (χ0n) is 32.6. The first-order chi connectivity index (χ1) is 29.7. The summed E-state index contributed by atoms with van der Waals surface area (Å²) in [6, 6.07) is 28.9. The molecule has 0 amide bonds. The van der Waals surface area contributed by atoms with E-state index in [1.807, 2.05) is 6.92 Å². The Kier molecular flexibility index (Phi) is 11.6. The molecule has 1 aromatic heterocycles. The molecular weight excluding hydrogens is 879 g/mol. The normalized spacial score (nSPS) is 12.3. The second kappa shape index (κ2) is 16.8. The van der Waals surface area contributed by atoms with E-state index >= 15 is 0 Å². The van der Waals surface area contributed by atoms with Crippen molar-refractivity contribution in [1.29, 1.82) is 0 Å². The molecule has 20 nitrogen and oxygen atoms in total. The number of phenols is 1. The molecule has 23 heteroatoms. The van der Waals surface area contributed by atoms with Gasteiger partial charge in [-0.05, 0) is 120 Å². The summed E-state index contributed by atoms with van der Waals surface area (Å²) in [4.78, 5) is 0.222. The van der Waals surface area contributed by atoms with Gasteiger partial charge in [0.1, 0.15) is 27.4 Å². The molecule has 0 radical (unpaired) electrons. The van der Waals surface area contributed by atoms with Gasteiger partial charge in [0, 0.05) is 16.8 Å². The lowest BCUT2D eigenvalue weighted by Gasteiger charge is -2.10. The number of methoxy groups -OCH3 is 1. The van der Waals surface area contributed by atoms with E-state index in [0.717, 1.165) is 11.6 Å². The molecule has 0 bridgehead atoms. The lowest BCUT2D eigenvalue weighted by molar-refractivity contribution is 0.417. The number of azo groups is 2. The molecule has 322 valence electrons. The summed E-state index contributed by atoms with van der Waals surface area (Å²) in [5, 5.41) is 37.4. The molecule has 0 saturated heterocycles. The van der Waals surface area contributed by atoms with Crippen molar-refractivity contribution in [3.05, 3.63) is 121 Å². The van der Waals surface area contributed by atoms with Crippen LogP contribution in [0.3, 0.4) is 0 Å². The Morgan fingerprint density at radius 1 is 0.603 bits per heavy atom. The summed E-state index contributed by atoms with van der Waals surface area (Å²) in [5.41, 5.74) is 16.2. The molecule has 0 aliphatic carbocycles. The van der Waals surface area contributed by atoms with E-state index in [4.69, 9.17) is 20.8 Å². The number of aromatic hydroxyl groups is 1. The minimum atomic E-state index is -4.67. The number of nitrogens with zero attached hydrogens (tertiary/aromatic N) is 7. The molecule has 0 atom stereocenters. The summed E-state index contributed by atoms with van der Waals surface area (Å²) in [6.07, 6.45) is 0. The Labute approximate surface area is 358 Å². The van der Waals surface area contributed by atoms with Crippen LogP contribution < -0.4 is 16.2 Å². The first kappa shape index (κ1) is 43.7. The van der Waals surface area contributed by atoms with Gasteiger partial charge >= 0.3 is 0 Å². The van der Waals surface area contributed by atoms with Crippen LogP contribution in [0.25, 0.3) is 38.3 Å². The summed E-state index contributed by atoms with van der Waals surface area (Å²) in [5.74, 6) is 0.0563. The fourth-order valence-electron chi connectivity index (χ4n) is 6.15. The first-order valence-corrected chi connectivity index (χ1v) is 22.3. The van der Waals surface area contributed by atoms with Gasteiger partial charge < -0.3 is 21.3 Å². The number of nitrogens with two attached hydrogens (primary N) is 2. The second-order valence-corrected chi connectivity index (χ2v) is 17.8. The van der Waals surface area contributed by atoms with E-state index < -0.39 is 46.7 Å². The van der Waals surface area contributed by atoms with Gasteiger partial charge in [0.2, 0.25) is 0 Å². The Balaban J connectivity index is 0.000000190. The Morgan fingerprint density at radius 2 is 1.17 bits per heavy atom. The van der Waals surface area contributed by atoms with Crippen LogP contribution in [0.4, 0.5) is 34.1 Å². The number of ether oxygens (including phenoxy) is 1. The molecule has 7 aromatic carbocycles. The largest absolute Gasteiger partial charge is 0.505 e. The predicted molar refractivity (Wildman–Crippen MR) is 233 cm³/mol. The maximum atomic E-state index is 11.6.